The van der Waals surface area contributed by atoms with E-state index in [0.717, 1.165) is 19.3 Å². The first kappa shape index (κ1) is 37.5. The highest BCUT2D eigenvalue weighted by Crippen LogP contribution is 2.46. The van der Waals surface area contributed by atoms with Gasteiger partial charge in [0.05, 0.1) is 17.8 Å². The molecule has 2 aliphatic rings. The Balaban J connectivity index is 1.58. The molecule has 8 atom stereocenters. The third-order valence-corrected chi connectivity index (χ3v) is 15.8. The van der Waals surface area contributed by atoms with Crippen LogP contribution in [0.25, 0.3) is 0 Å². The molecule has 2 aliphatic heterocycles. The van der Waals surface area contributed by atoms with Crippen LogP contribution in [0.5, 0.6) is 0 Å². The van der Waals surface area contributed by atoms with Gasteiger partial charge in [-0.15, -0.1) is 0 Å². The van der Waals surface area contributed by atoms with Gasteiger partial charge >= 0.3 is 5.97 Å². The van der Waals surface area contributed by atoms with Crippen molar-refractivity contribution in [2.45, 2.75) is 123 Å². The zero-order valence-corrected chi connectivity index (χ0v) is 31.3. The van der Waals surface area contributed by atoms with Gasteiger partial charge < -0.3 is 23.7 Å². The average Bonchev–Trinajstić information content (AvgIpc) is 3.05. The van der Waals surface area contributed by atoms with Crippen LogP contribution in [0.2, 0.25) is 5.04 Å². The van der Waals surface area contributed by atoms with Gasteiger partial charge in [0, 0.05) is 25.4 Å². The maximum absolute atomic E-state index is 11.5. The number of hydrogen-bond donors (Lipinski definition) is 1. The molecule has 1 fully saturated rings. The van der Waals surface area contributed by atoms with Crippen LogP contribution in [0.1, 0.15) is 94.4 Å². The van der Waals surface area contributed by atoms with E-state index in [-0.39, 0.29) is 47.6 Å². The minimum atomic E-state index is -2.70. The lowest BCUT2D eigenvalue weighted by molar-refractivity contribution is -0.321. The lowest BCUT2D eigenvalue weighted by Crippen LogP contribution is -2.67. The Morgan fingerprint density at radius 3 is 2.13 bits per heavy atom. The Kier molecular flexibility index (Phi) is 12.4. The largest absolute Gasteiger partial charge is 0.463 e. The minimum Gasteiger partial charge on any atom is -0.463 e. The second-order valence-electron chi connectivity index (χ2n) is 15.4. The van der Waals surface area contributed by atoms with Crippen LogP contribution < -0.4 is 10.4 Å². The highest BCUT2D eigenvalue weighted by Gasteiger charge is 2.53. The molecule has 7 heteroatoms. The summed E-state index contributed by atoms with van der Waals surface area (Å²) in [5, 5.41) is 13.7. The van der Waals surface area contributed by atoms with E-state index in [1.54, 1.807) is 0 Å². The van der Waals surface area contributed by atoms with Gasteiger partial charge in [0.25, 0.3) is 8.32 Å². The Bertz CT molecular complexity index is 1270. The van der Waals surface area contributed by atoms with Gasteiger partial charge in [0.15, 0.2) is 5.79 Å². The molecule has 1 spiro atoms. The van der Waals surface area contributed by atoms with E-state index >= 15 is 0 Å². The summed E-state index contributed by atoms with van der Waals surface area (Å²) in [4.78, 5) is 11.5. The van der Waals surface area contributed by atoms with E-state index in [0.29, 0.717) is 25.4 Å². The second-order valence-corrected chi connectivity index (χ2v) is 19.7. The fraction of sp³-hybridized carbons (Fsp3) is 0.625. The molecule has 0 aromatic heterocycles. The van der Waals surface area contributed by atoms with Crippen molar-refractivity contribution < 1.29 is 28.5 Å². The Morgan fingerprint density at radius 2 is 1.62 bits per heavy atom. The summed E-state index contributed by atoms with van der Waals surface area (Å²) in [7, 11) is -2.70. The second kappa shape index (κ2) is 15.5. The van der Waals surface area contributed by atoms with Crippen LogP contribution in [0.15, 0.2) is 72.8 Å². The van der Waals surface area contributed by atoms with Crippen LogP contribution in [0.3, 0.4) is 0 Å². The normalized spacial score (nSPS) is 27.6. The SMILES string of the molecule is CC[C@@H](CO[Si](c1ccccc1)(c1ccccc1)C(C)(C)C)[C@H]1O[C@@]2(C=CC[C@H]([C@H](C)C[C@@](O)(CC)COC(C)=O)O2)[C@H](C)C[C@@H]1C. The predicted molar refractivity (Wildman–Crippen MR) is 192 cm³/mol. The maximum Gasteiger partial charge on any atom is 0.302 e. The van der Waals surface area contributed by atoms with Crippen molar-refractivity contribution in [3.63, 3.8) is 0 Å². The predicted octanol–water partition coefficient (Wildman–Crippen LogP) is 7.42. The molecule has 260 valence electrons. The number of carbonyl (C=O) groups excluding carboxylic acids is 1. The highest BCUT2D eigenvalue weighted by molar-refractivity contribution is 6.99. The van der Waals surface area contributed by atoms with E-state index in [2.05, 4.69) is 121 Å². The smallest absolute Gasteiger partial charge is 0.302 e. The van der Waals surface area contributed by atoms with Crippen LogP contribution in [-0.4, -0.2) is 56.2 Å². The number of esters is 1. The quantitative estimate of drug-likeness (QED) is 0.137. The van der Waals surface area contributed by atoms with Gasteiger partial charge in [-0.2, -0.15) is 0 Å². The fourth-order valence-corrected chi connectivity index (χ4v) is 12.6. The molecule has 2 heterocycles. The van der Waals surface area contributed by atoms with Crippen LogP contribution in [0.4, 0.5) is 0 Å². The van der Waals surface area contributed by atoms with E-state index in [9.17, 15) is 9.90 Å². The number of carbonyl (C=O) groups is 1. The summed E-state index contributed by atoms with van der Waals surface area (Å²) < 4.78 is 26.8. The minimum absolute atomic E-state index is 0.00706. The molecule has 0 aliphatic carbocycles. The third-order valence-electron chi connectivity index (χ3n) is 10.8. The van der Waals surface area contributed by atoms with Gasteiger partial charge in [-0.25, -0.2) is 0 Å². The molecule has 1 saturated heterocycles. The zero-order valence-electron chi connectivity index (χ0n) is 30.3. The van der Waals surface area contributed by atoms with Gasteiger partial charge in [-0.05, 0) is 65.4 Å². The van der Waals surface area contributed by atoms with Gasteiger partial charge in [0.1, 0.15) is 6.61 Å². The van der Waals surface area contributed by atoms with Crippen molar-refractivity contribution in [2.75, 3.05) is 13.2 Å². The molecule has 6 nitrogen and oxygen atoms in total. The molecule has 0 amide bonds. The lowest BCUT2D eigenvalue weighted by atomic mass is 9.77. The van der Waals surface area contributed by atoms with Gasteiger partial charge in [0.2, 0.25) is 0 Å². The Labute approximate surface area is 285 Å². The van der Waals surface area contributed by atoms with Crippen molar-refractivity contribution >= 4 is 24.7 Å². The summed E-state index contributed by atoms with van der Waals surface area (Å²) in [5.74, 6) is -0.493. The molecule has 4 rings (SSSR count). The molecule has 47 heavy (non-hydrogen) atoms. The first-order chi connectivity index (χ1) is 22.2. The molecule has 0 saturated carbocycles. The summed E-state index contributed by atoms with van der Waals surface area (Å²) in [6, 6.07) is 21.7. The van der Waals surface area contributed by atoms with Gasteiger partial charge in [-0.3, -0.25) is 4.79 Å². The third kappa shape index (κ3) is 8.30. The lowest BCUT2D eigenvalue weighted by Gasteiger charge is -2.52. The summed E-state index contributed by atoms with van der Waals surface area (Å²) in [6.45, 7) is 19.8. The molecule has 0 bridgehead atoms. The summed E-state index contributed by atoms with van der Waals surface area (Å²) in [5.41, 5.74) is -1.09. The molecule has 2 aromatic carbocycles. The molecule has 2 aromatic rings. The Morgan fingerprint density at radius 1 is 1.02 bits per heavy atom. The van der Waals surface area contributed by atoms with E-state index < -0.39 is 19.7 Å². The first-order valence-electron chi connectivity index (χ1n) is 17.8. The van der Waals surface area contributed by atoms with Crippen LogP contribution >= 0.6 is 0 Å². The number of aliphatic hydroxyl groups is 1. The first-order valence-corrected chi connectivity index (χ1v) is 19.7. The Hall–Kier alpha value is -2.29. The van der Waals surface area contributed by atoms with E-state index in [4.69, 9.17) is 18.6 Å². The maximum atomic E-state index is 11.5. The summed E-state index contributed by atoms with van der Waals surface area (Å²) in [6.07, 6.45) is 7.81. The zero-order chi connectivity index (χ0) is 34.5. The van der Waals surface area contributed by atoms with Crippen molar-refractivity contribution in [1.29, 1.82) is 0 Å². The number of hydrogen-bond acceptors (Lipinski definition) is 6. The summed E-state index contributed by atoms with van der Waals surface area (Å²) >= 11 is 0. The van der Waals surface area contributed by atoms with Gasteiger partial charge in [-0.1, -0.05) is 122 Å². The molecule has 0 radical (unpaired) electrons. The van der Waals surface area contributed by atoms with Crippen molar-refractivity contribution in [2.24, 2.45) is 23.7 Å². The fourth-order valence-electron chi connectivity index (χ4n) is 7.96. The van der Waals surface area contributed by atoms with Crippen molar-refractivity contribution in [3.05, 3.63) is 72.8 Å². The molecule has 0 unspecified atom stereocenters. The number of rotatable bonds is 13. The number of benzene rings is 2. The molecule has 1 N–H and O–H groups in total. The average molecular weight is 665 g/mol. The molecular weight excluding hydrogens is 605 g/mol. The van der Waals surface area contributed by atoms with Crippen LogP contribution in [-0.2, 0) is 23.4 Å². The molecular formula is C40H60O6Si. The van der Waals surface area contributed by atoms with Crippen molar-refractivity contribution in [3.8, 4) is 0 Å². The monoisotopic (exact) mass is 664 g/mol. The van der Waals surface area contributed by atoms with Crippen LogP contribution in [0, 0.1) is 23.7 Å². The standard InChI is InChI=1S/C40H60O6Si/c1-10-33(27-44-47(38(7,8)9,34-19-14-12-15-20-34)35-21-16-13-17-22-35)37-29(3)25-31(5)40(46-37)24-18-23-36(45-40)30(4)26-39(42,11-2)28-43-32(6)41/h12-22,24,29-31,33,36-37,42H,10-11,23,25-28H2,1-9H3/t29-,30+,31+,33-,36+,37-,39-,40-/m0/s1. The van der Waals surface area contributed by atoms with E-state index in [1.807, 2.05) is 6.92 Å². The highest BCUT2D eigenvalue weighted by atomic mass is 28.4. The number of ether oxygens (including phenoxy) is 3. The van der Waals surface area contributed by atoms with Crippen molar-refractivity contribution in [1.82, 2.24) is 0 Å². The topological polar surface area (TPSA) is 74.2 Å². The van der Waals surface area contributed by atoms with E-state index in [1.165, 1.54) is 17.3 Å².